The van der Waals surface area contributed by atoms with Crippen LogP contribution in [0.25, 0.3) is 0 Å². The second-order valence-electron chi connectivity index (χ2n) is 18.8. The van der Waals surface area contributed by atoms with Crippen LogP contribution in [-0.4, -0.2) is 180 Å². The Hall–Kier alpha value is -6.07. The summed E-state index contributed by atoms with van der Waals surface area (Å²) in [7, 11) is 2.76. The topological polar surface area (TPSA) is 349 Å². The van der Waals surface area contributed by atoms with E-state index in [1.165, 1.54) is 32.8 Å². The molecule has 1 heterocycles. The highest BCUT2D eigenvalue weighted by Crippen LogP contribution is 2.21. The Balaban J connectivity index is 3.38. The SMILES string of the molecule is CCC[C@@H](C(=O)N[C@@H](C(=O)N[C@@H](CCCN=C(N)N)C(=O)N1CCC[C@H]1C(=O)NCC)C(C)CC)N(C)C(=O)[C@@H](NC(=O)[C@H](NC(=O)[C@@H](NC(=O)CNC(=O)CN(C)C(C)=O)C(C)C)C(C)CC)C(C)O. The van der Waals surface area contributed by atoms with Crippen molar-refractivity contribution in [1.29, 1.82) is 0 Å². The van der Waals surface area contributed by atoms with Gasteiger partial charge in [-0.3, -0.25) is 52.9 Å². The largest absolute Gasteiger partial charge is 0.391 e. The fourth-order valence-corrected chi connectivity index (χ4v) is 7.81. The molecule has 0 aromatic rings. The molecule has 1 aliphatic rings. The molecule has 1 rings (SSSR count). The minimum Gasteiger partial charge on any atom is -0.391 e. The molecule has 1 aliphatic heterocycles. The van der Waals surface area contributed by atoms with Gasteiger partial charge in [0.05, 0.1) is 19.2 Å². The smallest absolute Gasteiger partial charge is 0.248 e. The van der Waals surface area contributed by atoms with Crippen LogP contribution in [0.3, 0.4) is 0 Å². The highest BCUT2D eigenvalue weighted by Gasteiger charge is 2.41. The summed E-state index contributed by atoms with van der Waals surface area (Å²) in [5.41, 5.74) is 11.0. The number of nitrogens with one attached hydrogen (secondary N) is 7. The molecule has 1 fully saturated rings. The number of guanidine groups is 1. The van der Waals surface area contributed by atoms with E-state index >= 15 is 0 Å². The molecule has 1 saturated heterocycles. The molecule has 24 heteroatoms. The molecule has 3 unspecified atom stereocenters. The molecular weight excluding hydrogens is 923 g/mol. The molecule has 0 aliphatic carbocycles. The third kappa shape index (κ3) is 20.3. The van der Waals surface area contributed by atoms with Crippen molar-refractivity contribution in [1.82, 2.24) is 51.9 Å². The van der Waals surface area contributed by atoms with E-state index in [2.05, 4.69) is 42.2 Å². The van der Waals surface area contributed by atoms with Gasteiger partial charge in [0, 0.05) is 40.7 Å². The number of amides is 10. The number of likely N-dealkylation sites (tertiary alicyclic amines) is 1. The van der Waals surface area contributed by atoms with Crippen molar-refractivity contribution in [3.63, 3.8) is 0 Å². The zero-order chi connectivity index (χ0) is 54.3. The number of carbonyl (C=O) groups is 10. The van der Waals surface area contributed by atoms with Crippen LogP contribution in [0.4, 0.5) is 0 Å². The summed E-state index contributed by atoms with van der Waals surface area (Å²) in [6.45, 7) is 16.6. The first-order chi connectivity index (χ1) is 33.3. The Morgan fingerprint density at radius 1 is 0.718 bits per heavy atom. The summed E-state index contributed by atoms with van der Waals surface area (Å²) in [5, 5.41) is 29.6. The van der Waals surface area contributed by atoms with Gasteiger partial charge in [0.1, 0.15) is 42.3 Å². The minimum absolute atomic E-state index is 0.110. The summed E-state index contributed by atoms with van der Waals surface area (Å²) in [6, 6.07) is -8.25. The molecule has 0 spiro atoms. The fourth-order valence-electron chi connectivity index (χ4n) is 7.81. The average molecular weight is 1010 g/mol. The molecule has 0 aromatic heterocycles. The maximum atomic E-state index is 14.3. The van der Waals surface area contributed by atoms with Gasteiger partial charge < -0.3 is 68.5 Å². The summed E-state index contributed by atoms with van der Waals surface area (Å²) in [6.07, 6.45) is 1.27. The highest BCUT2D eigenvalue weighted by molar-refractivity contribution is 5.98. The quantitative estimate of drug-likeness (QED) is 0.0211. The summed E-state index contributed by atoms with van der Waals surface area (Å²) < 4.78 is 0. The molecular formula is C47H85N13O11. The van der Waals surface area contributed by atoms with Crippen molar-refractivity contribution < 1.29 is 53.1 Å². The first kappa shape index (κ1) is 62.9. The third-order valence-corrected chi connectivity index (χ3v) is 12.7. The predicted molar refractivity (Wildman–Crippen MR) is 266 cm³/mol. The van der Waals surface area contributed by atoms with E-state index in [1.54, 1.807) is 48.5 Å². The van der Waals surface area contributed by atoms with Gasteiger partial charge in [0.15, 0.2) is 5.96 Å². The van der Waals surface area contributed by atoms with Crippen molar-refractivity contribution in [2.75, 3.05) is 46.8 Å². The standard InChI is InChI=1S/C47H85N13O11/c1-13-19-32(41(66)55-37(27(7)14-2)43(68)53-31(20-17-22-51-47(48)49)45(70)60-23-18-21-33(60)40(65)50-16-4)59(12)46(71)39(29(9)61)57-44(69)38(28(8)15-3)56-42(67)36(26(5)6)54-34(63)24-52-35(64)25-58(11)30(10)62/h26-29,31-33,36-39,61H,13-25H2,1-12H3,(H,50,65)(H,52,64)(H,53,68)(H,54,63)(H,55,66)(H,56,67)(H,57,69)(H4,48,49,51)/t27?,28?,29?,31-,32-,33-,36-,37+,38+,39-/m0/s1. The van der Waals surface area contributed by atoms with Gasteiger partial charge in [-0.1, -0.05) is 67.7 Å². The van der Waals surface area contributed by atoms with E-state index in [-0.39, 0.29) is 43.7 Å². The lowest BCUT2D eigenvalue weighted by molar-refractivity contribution is -0.146. The van der Waals surface area contributed by atoms with Crippen LogP contribution >= 0.6 is 0 Å². The maximum absolute atomic E-state index is 14.3. The van der Waals surface area contributed by atoms with Gasteiger partial charge in [-0.15, -0.1) is 0 Å². The second-order valence-corrected chi connectivity index (χ2v) is 18.8. The summed E-state index contributed by atoms with van der Waals surface area (Å²) in [5.74, 6) is -7.80. The lowest BCUT2D eigenvalue weighted by Crippen LogP contribution is -2.63. The molecule has 0 bridgehead atoms. The summed E-state index contributed by atoms with van der Waals surface area (Å²) in [4.78, 5) is 142. The van der Waals surface area contributed by atoms with Gasteiger partial charge in [0.2, 0.25) is 59.1 Å². The monoisotopic (exact) mass is 1010 g/mol. The number of nitrogens with zero attached hydrogens (tertiary/aromatic N) is 4. The maximum Gasteiger partial charge on any atom is 0.248 e. The fraction of sp³-hybridized carbons (Fsp3) is 0.766. The van der Waals surface area contributed by atoms with E-state index < -0.39 is 120 Å². The van der Waals surface area contributed by atoms with E-state index in [0.717, 1.165) is 9.80 Å². The van der Waals surface area contributed by atoms with Crippen molar-refractivity contribution in [3.05, 3.63) is 0 Å². The van der Waals surface area contributed by atoms with Crippen LogP contribution in [0, 0.1) is 17.8 Å². The number of hydrogen-bond donors (Lipinski definition) is 10. The van der Waals surface area contributed by atoms with Gasteiger partial charge in [-0.05, 0) is 63.7 Å². The van der Waals surface area contributed by atoms with Crippen LogP contribution in [0.15, 0.2) is 4.99 Å². The molecule has 0 radical (unpaired) electrons. The Morgan fingerprint density at radius 2 is 1.27 bits per heavy atom. The van der Waals surface area contributed by atoms with Crippen molar-refractivity contribution in [2.24, 2.45) is 34.2 Å². The Morgan fingerprint density at radius 3 is 1.77 bits per heavy atom. The molecule has 404 valence electrons. The van der Waals surface area contributed by atoms with Crippen LogP contribution in [0.1, 0.15) is 121 Å². The number of aliphatic imine (C=N–C) groups is 1. The molecule has 0 aromatic carbocycles. The molecule has 12 N–H and O–H groups in total. The Kier molecular flexibility index (Phi) is 27.8. The second kappa shape index (κ2) is 31.3. The molecule has 0 saturated carbocycles. The van der Waals surface area contributed by atoms with Gasteiger partial charge in [0.25, 0.3) is 0 Å². The van der Waals surface area contributed by atoms with Crippen molar-refractivity contribution in [3.8, 4) is 0 Å². The first-order valence-electron chi connectivity index (χ1n) is 24.8. The number of aliphatic hydroxyl groups excluding tert-OH is 1. The highest BCUT2D eigenvalue weighted by atomic mass is 16.3. The lowest BCUT2D eigenvalue weighted by Gasteiger charge is -2.35. The minimum atomic E-state index is -1.61. The average Bonchev–Trinajstić information content (AvgIpc) is 3.81. The Bertz CT molecular complexity index is 1860. The third-order valence-electron chi connectivity index (χ3n) is 12.7. The zero-order valence-corrected chi connectivity index (χ0v) is 44.0. The van der Waals surface area contributed by atoms with Crippen molar-refractivity contribution in [2.45, 2.75) is 169 Å². The van der Waals surface area contributed by atoms with E-state index in [1.807, 2.05) is 6.92 Å². The van der Waals surface area contributed by atoms with Crippen LogP contribution in [-0.2, 0) is 47.9 Å². The number of nitrogens with two attached hydrogens (primary N) is 2. The van der Waals surface area contributed by atoms with Gasteiger partial charge >= 0.3 is 0 Å². The van der Waals surface area contributed by atoms with E-state index in [0.29, 0.717) is 51.6 Å². The van der Waals surface area contributed by atoms with Crippen LogP contribution < -0.4 is 48.7 Å². The number of likely N-dealkylation sites (N-methyl/N-ethyl adjacent to an activating group) is 3. The van der Waals surface area contributed by atoms with Crippen LogP contribution in [0.5, 0.6) is 0 Å². The van der Waals surface area contributed by atoms with Gasteiger partial charge in [-0.25, -0.2) is 0 Å². The van der Waals surface area contributed by atoms with E-state index in [9.17, 15) is 53.1 Å². The number of aliphatic hydroxyl groups is 1. The first-order valence-corrected chi connectivity index (χ1v) is 24.8. The lowest BCUT2D eigenvalue weighted by atomic mass is 9.95. The predicted octanol–water partition coefficient (Wildman–Crippen LogP) is -2.06. The van der Waals surface area contributed by atoms with E-state index in [4.69, 9.17) is 11.5 Å². The van der Waals surface area contributed by atoms with Crippen LogP contribution in [0.2, 0.25) is 0 Å². The molecule has 71 heavy (non-hydrogen) atoms. The number of carbonyl (C=O) groups excluding carboxylic acids is 10. The van der Waals surface area contributed by atoms with Crippen molar-refractivity contribution >= 4 is 65.0 Å². The number of hydrogen-bond acceptors (Lipinski definition) is 12. The van der Waals surface area contributed by atoms with Gasteiger partial charge in [-0.2, -0.15) is 0 Å². The molecule has 10 atom stereocenters. The number of rotatable bonds is 30. The Labute approximate surface area is 419 Å². The molecule has 24 nitrogen and oxygen atoms in total. The molecule has 10 amide bonds. The zero-order valence-electron chi connectivity index (χ0n) is 44.0. The summed E-state index contributed by atoms with van der Waals surface area (Å²) >= 11 is 0. The normalized spacial score (nSPS) is 17.0.